The van der Waals surface area contributed by atoms with Gasteiger partial charge in [-0.15, -0.1) is 0 Å². The lowest BCUT2D eigenvalue weighted by atomic mass is 10.1. The van der Waals surface area contributed by atoms with Gasteiger partial charge in [-0.25, -0.2) is 0 Å². The average Bonchev–Trinajstić information content (AvgIpc) is 2.86. The van der Waals surface area contributed by atoms with Crippen LogP contribution in [0.25, 0.3) is 0 Å². The fraction of sp³-hybridized carbons (Fsp3) is 0.500. The molecule has 0 saturated heterocycles. The zero-order valence-electron chi connectivity index (χ0n) is 11.5. The van der Waals surface area contributed by atoms with Gasteiger partial charge in [0, 0.05) is 18.3 Å². The van der Waals surface area contributed by atoms with Crippen LogP contribution in [0.5, 0.6) is 11.5 Å². The maximum absolute atomic E-state index is 11.5. The summed E-state index contributed by atoms with van der Waals surface area (Å²) in [5.74, 6) is 1.17. The van der Waals surface area contributed by atoms with Crippen LogP contribution in [-0.2, 0) is 9.53 Å². The summed E-state index contributed by atoms with van der Waals surface area (Å²) < 4.78 is 15.4. The quantitative estimate of drug-likeness (QED) is 0.828. The van der Waals surface area contributed by atoms with Crippen LogP contribution in [-0.4, -0.2) is 26.4 Å². The number of benzene rings is 1. The van der Waals surface area contributed by atoms with Crippen LogP contribution in [0.1, 0.15) is 18.9 Å². The Kier molecular flexibility index (Phi) is 4.14. The second kappa shape index (κ2) is 5.82. The number of esters is 1. The predicted octanol–water partition coefficient (Wildman–Crippen LogP) is 2.33. The van der Waals surface area contributed by atoms with Crippen LogP contribution in [0.3, 0.4) is 0 Å². The second-order valence-electron chi connectivity index (χ2n) is 4.53. The van der Waals surface area contributed by atoms with Crippen molar-refractivity contribution >= 4 is 11.7 Å². The summed E-state index contributed by atoms with van der Waals surface area (Å²) in [6, 6.07) is 3.84. The number of ether oxygens (including phenoxy) is 3. The monoisotopic (exact) mass is 265 g/mol. The minimum absolute atomic E-state index is 0.144. The molecular formula is C14H19NO4. The molecule has 1 aliphatic rings. The Bertz CT molecular complexity index is 473. The molecule has 0 fully saturated rings. The molecule has 1 N–H and O–H groups in total. The lowest BCUT2D eigenvalue weighted by molar-refractivity contribution is -0.145. The maximum atomic E-state index is 11.5. The molecule has 1 atom stereocenters. The van der Waals surface area contributed by atoms with Gasteiger partial charge < -0.3 is 19.5 Å². The van der Waals surface area contributed by atoms with Crippen molar-refractivity contribution in [2.24, 2.45) is 5.92 Å². The van der Waals surface area contributed by atoms with E-state index in [1.807, 2.05) is 26.0 Å². The summed E-state index contributed by atoms with van der Waals surface area (Å²) >= 11 is 0. The largest absolute Gasteiger partial charge is 0.469 e. The molecule has 19 heavy (non-hydrogen) atoms. The molecule has 104 valence electrons. The van der Waals surface area contributed by atoms with Gasteiger partial charge in [0.1, 0.15) is 0 Å². The van der Waals surface area contributed by atoms with E-state index in [0.29, 0.717) is 6.54 Å². The molecule has 5 heteroatoms. The molecule has 5 nitrogen and oxygen atoms in total. The molecular weight excluding hydrogens is 246 g/mol. The Balaban J connectivity index is 2.05. The highest BCUT2D eigenvalue weighted by Crippen LogP contribution is 2.36. The van der Waals surface area contributed by atoms with Crippen molar-refractivity contribution in [1.29, 1.82) is 0 Å². The van der Waals surface area contributed by atoms with E-state index >= 15 is 0 Å². The van der Waals surface area contributed by atoms with E-state index in [0.717, 1.165) is 29.2 Å². The van der Waals surface area contributed by atoms with Crippen molar-refractivity contribution < 1.29 is 19.0 Å². The first kappa shape index (κ1) is 13.5. The third-order valence-corrected chi connectivity index (χ3v) is 3.29. The Morgan fingerprint density at radius 1 is 1.42 bits per heavy atom. The van der Waals surface area contributed by atoms with E-state index in [4.69, 9.17) is 14.2 Å². The number of nitrogens with one attached hydrogen (secondary N) is 1. The van der Waals surface area contributed by atoms with E-state index < -0.39 is 0 Å². The van der Waals surface area contributed by atoms with Gasteiger partial charge in [0.15, 0.2) is 11.5 Å². The first-order valence-electron chi connectivity index (χ1n) is 6.37. The molecule has 1 aromatic carbocycles. The fourth-order valence-corrected chi connectivity index (χ4v) is 2.03. The molecule has 2 rings (SSSR count). The van der Waals surface area contributed by atoms with Crippen LogP contribution in [0, 0.1) is 12.8 Å². The van der Waals surface area contributed by atoms with Crippen molar-refractivity contribution in [3.8, 4) is 11.5 Å². The van der Waals surface area contributed by atoms with Gasteiger partial charge in [0.05, 0.1) is 13.0 Å². The van der Waals surface area contributed by atoms with Gasteiger partial charge in [-0.1, -0.05) is 6.92 Å². The van der Waals surface area contributed by atoms with Crippen molar-refractivity contribution in [2.75, 3.05) is 25.8 Å². The first-order valence-corrected chi connectivity index (χ1v) is 6.37. The highest BCUT2D eigenvalue weighted by Gasteiger charge is 2.19. The standard InChI is InChI=1S/C14H19NO4/c1-4-10(14(16)17-3)7-15-11-6-13-12(5-9(11)2)18-8-19-13/h5-6,10,15H,4,7-8H2,1-3H3. The number of fused-ring (bicyclic) bond motifs is 1. The normalized spacial score (nSPS) is 14.1. The average molecular weight is 265 g/mol. The SMILES string of the molecule is CCC(CNc1cc2c(cc1C)OCO2)C(=O)OC. The van der Waals surface area contributed by atoms with E-state index in [-0.39, 0.29) is 18.7 Å². The maximum Gasteiger partial charge on any atom is 0.310 e. The summed E-state index contributed by atoms with van der Waals surface area (Å²) in [6.45, 7) is 4.76. The van der Waals surface area contributed by atoms with Gasteiger partial charge in [-0.05, 0) is 25.0 Å². The van der Waals surface area contributed by atoms with Crippen molar-refractivity contribution in [1.82, 2.24) is 0 Å². The topological polar surface area (TPSA) is 56.8 Å². The first-order chi connectivity index (χ1) is 9.15. The van der Waals surface area contributed by atoms with E-state index in [2.05, 4.69) is 5.32 Å². The highest BCUT2D eigenvalue weighted by molar-refractivity contribution is 5.73. The Morgan fingerprint density at radius 2 is 2.11 bits per heavy atom. The number of rotatable bonds is 5. The molecule has 1 unspecified atom stereocenters. The predicted molar refractivity (Wildman–Crippen MR) is 71.6 cm³/mol. The molecule has 1 aliphatic heterocycles. The number of carbonyl (C=O) groups excluding carboxylic acids is 1. The minimum Gasteiger partial charge on any atom is -0.469 e. The lowest BCUT2D eigenvalue weighted by Crippen LogP contribution is -2.23. The summed E-state index contributed by atoms with van der Waals surface area (Å²) in [5, 5.41) is 3.27. The molecule has 1 aromatic rings. The van der Waals surface area contributed by atoms with Gasteiger partial charge in [0.2, 0.25) is 6.79 Å². The zero-order valence-corrected chi connectivity index (χ0v) is 11.5. The molecule has 0 aromatic heterocycles. The summed E-state index contributed by atoms with van der Waals surface area (Å²) in [6.07, 6.45) is 0.739. The third-order valence-electron chi connectivity index (χ3n) is 3.29. The number of methoxy groups -OCH3 is 1. The molecule has 0 aliphatic carbocycles. The molecule has 0 amide bonds. The number of carbonyl (C=O) groups is 1. The van der Waals surface area contributed by atoms with Crippen LogP contribution < -0.4 is 14.8 Å². The van der Waals surface area contributed by atoms with Gasteiger partial charge in [0.25, 0.3) is 0 Å². The summed E-state index contributed by atoms with van der Waals surface area (Å²) in [5.41, 5.74) is 2.01. The van der Waals surface area contributed by atoms with Gasteiger partial charge >= 0.3 is 5.97 Å². The summed E-state index contributed by atoms with van der Waals surface area (Å²) in [4.78, 5) is 11.5. The third kappa shape index (κ3) is 2.92. The van der Waals surface area contributed by atoms with Crippen molar-refractivity contribution in [3.63, 3.8) is 0 Å². The van der Waals surface area contributed by atoms with Crippen LogP contribution in [0.4, 0.5) is 5.69 Å². The molecule has 0 spiro atoms. The zero-order chi connectivity index (χ0) is 13.8. The van der Waals surface area contributed by atoms with Crippen LogP contribution in [0.2, 0.25) is 0 Å². The van der Waals surface area contributed by atoms with E-state index in [1.165, 1.54) is 7.11 Å². The van der Waals surface area contributed by atoms with Gasteiger partial charge in [-0.3, -0.25) is 4.79 Å². The second-order valence-corrected chi connectivity index (χ2v) is 4.53. The molecule has 0 radical (unpaired) electrons. The number of hydrogen-bond acceptors (Lipinski definition) is 5. The van der Waals surface area contributed by atoms with Crippen LogP contribution >= 0.6 is 0 Å². The van der Waals surface area contributed by atoms with Gasteiger partial charge in [-0.2, -0.15) is 0 Å². The molecule has 0 saturated carbocycles. The van der Waals surface area contributed by atoms with Crippen molar-refractivity contribution in [3.05, 3.63) is 17.7 Å². The number of anilines is 1. The smallest absolute Gasteiger partial charge is 0.310 e. The Morgan fingerprint density at radius 3 is 2.74 bits per heavy atom. The summed E-state index contributed by atoms with van der Waals surface area (Å²) in [7, 11) is 1.41. The van der Waals surface area contributed by atoms with E-state index in [1.54, 1.807) is 0 Å². The van der Waals surface area contributed by atoms with Crippen molar-refractivity contribution in [2.45, 2.75) is 20.3 Å². The Labute approximate surface area is 112 Å². The minimum atomic E-state index is -0.187. The molecule has 1 heterocycles. The highest BCUT2D eigenvalue weighted by atomic mass is 16.7. The van der Waals surface area contributed by atoms with E-state index in [9.17, 15) is 4.79 Å². The number of aryl methyl sites for hydroxylation is 1. The lowest BCUT2D eigenvalue weighted by Gasteiger charge is -2.16. The molecule has 0 bridgehead atoms. The fourth-order valence-electron chi connectivity index (χ4n) is 2.03. The van der Waals surface area contributed by atoms with Crippen LogP contribution in [0.15, 0.2) is 12.1 Å². The Hall–Kier alpha value is -1.91. The number of hydrogen-bond donors (Lipinski definition) is 1.